The lowest BCUT2D eigenvalue weighted by Gasteiger charge is -2.08. The van der Waals surface area contributed by atoms with Gasteiger partial charge in [-0.2, -0.15) is 0 Å². The van der Waals surface area contributed by atoms with Gasteiger partial charge in [-0.05, 0) is 11.6 Å². The van der Waals surface area contributed by atoms with Gasteiger partial charge in [0, 0.05) is 15.7 Å². The van der Waals surface area contributed by atoms with Gasteiger partial charge in [-0.15, -0.1) is 11.6 Å². The standard InChI is InChI=1S/C8H7Cl3O2S/c9-7-4-2-1-3-6(7)8(10)5-14(11,12)13/h1-4,8H,5H2. The van der Waals surface area contributed by atoms with Crippen LogP contribution in [0, 0.1) is 0 Å². The van der Waals surface area contributed by atoms with Crippen LogP contribution in [0.15, 0.2) is 24.3 Å². The average molecular weight is 274 g/mol. The molecule has 2 nitrogen and oxygen atoms in total. The molecule has 14 heavy (non-hydrogen) atoms. The smallest absolute Gasteiger partial charge is 0.212 e. The fraction of sp³-hybridized carbons (Fsp3) is 0.250. The van der Waals surface area contributed by atoms with E-state index >= 15 is 0 Å². The van der Waals surface area contributed by atoms with Gasteiger partial charge in [-0.3, -0.25) is 0 Å². The first kappa shape index (κ1) is 12.1. The highest BCUT2D eigenvalue weighted by Crippen LogP contribution is 2.29. The first-order valence-electron chi connectivity index (χ1n) is 3.71. The fourth-order valence-electron chi connectivity index (χ4n) is 0.994. The molecule has 78 valence electrons. The molecule has 0 aliphatic carbocycles. The molecule has 1 rings (SSSR count). The van der Waals surface area contributed by atoms with Gasteiger partial charge >= 0.3 is 0 Å². The normalized spacial score (nSPS) is 13.9. The summed E-state index contributed by atoms with van der Waals surface area (Å²) in [5.74, 6) is -0.333. The van der Waals surface area contributed by atoms with Crippen LogP contribution < -0.4 is 0 Å². The Morgan fingerprint density at radius 2 is 1.86 bits per heavy atom. The summed E-state index contributed by atoms with van der Waals surface area (Å²) in [6, 6.07) is 6.79. The first-order valence-corrected chi connectivity index (χ1v) is 7.00. The molecular formula is C8H7Cl3O2S. The molecule has 0 spiro atoms. The van der Waals surface area contributed by atoms with E-state index in [9.17, 15) is 8.42 Å². The second-order valence-corrected chi connectivity index (χ2v) is 6.45. The molecule has 0 saturated carbocycles. The van der Waals surface area contributed by atoms with Gasteiger partial charge in [-0.1, -0.05) is 29.8 Å². The summed E-state index contributed by atoms with van der Waals surface area (Å²) in [6.45, 7) is 0. The third-order valence-electron chi connectivity index (χ3n) is 1.59. The molecule has 0 saturated heterocycles. The van der Waals surface area contributed by atoms with E-state index in [-0.39, 0.29) is 5.75 Å². The van der Waals surface area contributed by atoms with Gasteiger partial charge in [-0.25, -0.2) is 8.42 Å². The maximum atomic E-state index is 10.8. The molecule has 1 unspecified atom stereocenters. The minimum absolute atomic E-state index is 0.333. The van der Waals surface area contributed by atoms with Crippen LogP contribution in [0.3, 0.4) is 0 Å². The maximum Gasteiger partial charge on any atom is 0.234 e. The monoisotopic (exact) mass is 272 g/mol. The van der Waals surface area contributed by atoms with Crippen molar-refractivity contribution in [2.24, 2.45) is 0 Å². The molecule has 0 aliphatic heterocycles. The molecule has 0 amide bonds. The molecule has 0 N–H and O–H groups in total. The molecule has 0 aromatic heterocycles. The van der Waals surface area contributed by atoms with Crippen LogP contribution in [-0.4, -0.2) is 14.2 Å². The molecule has 6 heteroatoms. The Morgan fingerprint density at radius 1 is 1.29 bits per heavy atom. The predicted molar refractivity (Wildman–Crippen MR) is 59.7 cm³/mol. The van der Waals surface area contributed by atoms with Crippen molar-refractivity contribution in [2.45, 2.75) is 5.38 Å². The quantitative estimate of drug-likeness (QED) is 0.626. The maximum absolute atomic E-state index is 10.8. The molecular weight excluding hydrogens is 267 g/mol. The van der Waals surface area contributed by atoms with Gasteiger partial charge < -0.3 is 0 Å². The summed E-state index contributed by atoms with van der Waals surface area (Å²) in [7, 11) is 1.47. The minimum Gasteiger partial charge on any atom is -0.212 e. The second-order valence-electron chi connectivity index (χ2n) is 2.69. The van der Waals surface area contributed by atoms with Crippen molar-refractivity contribution in [2.75, 3.05) is 5.75 Å². The predicted octanol–water partition coefficient (Wildman–Crippen LogP) is 3.19. The van der Waals surface area contributed by atoms with E-state index in [0.29, 0.717) is 10.6 Å². The fourth-order valence-corrected chi connectivity index (χ4v) is 3.11. The van der Waals surface area contributed by atoms with Crippen molar-refractivity contribution in [1.82, 2.24) is 0 Å². The molecule has 0 fully saturated rings. The van der Waals surface area contributed by atoms with Gasteiger partial charge in [0.05, 0.1) is 11.1 Å². The Labute approximate surface area is 97.2 Å². The third-order valence-corrected chi connectivity index (χ3v) is 3.61. The van der Waals surface area contributed by atoms with E-state index < -0.39 is 14.4 Å². The number of hydrogen-bond donors (Lipinski definition) is 0. The van der Waals surface area contributed by atoms with Crippen molar-refractivity contribution >= 4 is 42.9 Å². The van der Waals surface area contributed by atoms with Crippen molar-refractivity contribution in [3.63, 3.8) is 0 Å². The Morgan fingerprint density at radius 3 is 2.36 bits per heavy atom. The van der Waals surface area contributed by atoms with Crippen LogP contribution in [0.25, 0.3) is 0 Å². The Bertz CT molecular complexity index is 416. The zero-order chi connectivity index (χ0) is 10.8. The van der Waals surface area contributed by atoms with Gasteiger partial charge in [0.1, 0.15) is 0 Å². The topological polar surface area (TPSA) is 34.1 Å². The molecule has 0 aliphatic rings. The van der Waals surface area contributed by atoms with Crippen LogP contribution in [0.1, 0.15) is 10.9 Å². The highest BCUT2D eigenvalue weighted by Gasteiger charge is 2.18. The summed E-state index contributed by atoms with van der Waals surface area (Å²) in [6.07, 6.45) is 0. The highest BCUT2D eigenvalue weighted by molar-refractivity contribution is 8.13. The number of rotatable bonds is 3. The average Bonchev–Trinajstić information content (AvgIpc) is 2.01. The van der Waals surface area contributed by atoms with Crippen molar-refractivity contribution < 1.29 is 8.42 Å². The van der Waals surface area contributed by atoms with Gasteiger partial charge in [0.25, 0.3) is 0 Å². The number of hydrogen-bond acceptors (Lipinski definition) is 2. The van der Waals surface area contributed by atoms with Crippen LogP contribution in [-0.2, 0) is 9.05 Å². The second kappa shape index (κ2) is 4.71. The van der Waals surface area contributed by atoms with Crippen LogP contribution in [0.2, 0.25) is 5.02 Å². The van der Waals surface area contributed by atoms with E-state index in [0.717, 1.165) is 0 Å². The van der Waals surface area contributed by atoms with E-state index in [1.807, 2.05) is 0 Å². The largest absolute Gasteiger partial charge is 0.234 e. The molecule has 1 aromatic carbocycles. The molecule has 1 aromatic rings. The minimum atomic E-state index is -3.61. The lowest BCUT2D eigenvalue weighted by Crippen LogP contribution is -2.05. The van der Waals surface area contributed by atoms with Crippen LogP contribution in [0.4, 0.5) is 0 Å². The van der Waals surface area contributed by atoms with Crippen LogP contribution >= 0.6 is 33.9 Å². The van der Waals surface area contributed by atoms with Crippen LogP contribution in [0.5, 0.6) is 0 Å². The van der Waals surface area contributed by atoms with Gasteiger partial charge in [0.2, 0.25) is 9.05 Å². The number of benzene rings is 1. The number of halogens is 3. The Balaban J connectivity index is 2.90. The van der Waals surface area contributed by atoms with E-state index in [1.54, 1.807) is 24.3 Å². The summed E-state index contributed by atoms with van der Waals surface area (Å²) in [5.41, 5.74) is 0.569. The third kappa shape index (κ3) is 3.65. The SMILES string of the molecule is O=S(=O)(Cl)CC(Cl)c1ccccc1Cl. The molecule has 0 heterocycles. The van der Waals surface area contributed by atoms with Gasteiger partial charge in [0.15, 0.2) is 0 Å². The highest BCUT2D eigenvalue weighted by atomic mass is 35.7. The Hall–Kier alpha value is 0.0400. The van der Waals surface area contributed by atoms with Crippen molar-refractivity contribution in [3.8, 4) is 0 Å². The summed E-state index contributed by atoms with van der Waals surface area (Å²) in [5, 5.41) is -0.279. The summed E-state index contributed by atoms with van der Waals surface area (Å²) < 4.78 is 21.5. The van der Waals surface area contributed by atoms with E-state index in [1.165, 1.54) is 0 Å². The lowest BCUT2D eigenvalue weighted by molar-refractivity contribution is 0.608. The first-order chi connectivity index (χ1) is 6.40. The summed E-state index contributed by atoms with van der Waals surface area (Å²) in [4.78, 5) is 0. The van der Waals surface area contributed by atoms with Crippen molar-refractivity contribution in [1.29, 1.82) is 0 Å². The molecule has 0 bridgehead atoms. The number of alkyl halides is 1. The zero-order valence-electron chi connectivity index (χ0n) is 6.95. The zero-order valence-corrected chi connectivity index (χ0v) is 10.0. The Kier molecular flexibility index (Phi) is 4.07. The lowest BCUT2D eigenvalue weighted by atomic mass is 10.2. The summed E-state index contributed by atoms with van der Waals surface area (Å²) >= 11 is 11.7. The molecule has 0 radical (unpaired) electrons. The van der Waals surface area contributed by atoms with Crippen molar-refractivity contribution in [3.05, 3.63) is 34.9 Å². The van der Waals surface area contributed by atoms with E-state index in [4.69, 9.17) is 33.9 Å². The molecule has 1 atom stereocenters. The van der Waals surface area contributed by atoms with E-state index in [2.05, 4.69) is 0 Å².